The van der Waals surface area contributed by atoms with Gasteiger partial charge in [-0.05, 0) is 32.1 Å². The van der Waals surface area contributed by atoms with Gasteiger partial charge in [0, 0.05) is 25.4 Å². The molecule has 0 saturated heterocycles. The molecule has 2 N–H and O–H groups in total. The van der Waals surface area contributed by atoms with E-state index >= 15 is 0 Å². The average Bonchev–Trinajstić information content (AvgIpc) is 2.88. The second-order valence-electron chi connectivity index (χ2n) is 11.0. The van der Waals surface area contributed by atoms with Crippen LogP contribution in [0.5, 0.6) is 0 Å². The van der Waals surface area contributed by atoms with Gasteiger partial charge in [-0.2, -0.15) is 0 Å². The molecule has 1 unspecified atom stereocenters. The first-order valence-electron chi connectivity index (χ1n) is 16.2. The lowest BCUT2D eigenvalue weighted by atomic mass is 9.98. The van der Waals surface area contributed by atoms with Crippen molar-refractivity contribution in [3.63, 3.8) is 0 Å². The Kier molecular flexibility index (Phi) is 27.7. The Bertz CT molecular complexity index is 481. The molecule has 0 bridgehead atoms. The third kappa shape index (κ3) is 24.6. The summed E-state index contributed by atoms with van der Waals surface area (Å²) in [5.41, 5.74) is 0. The van der Waals surface area contributed by atoms with E-state index in [0.29, 0.717) is 6.42 Å². The monoisotopic (exact) mass is 508 g/mol. The fourth-order valence-electron chi connectivity index (χ4n) is 4.93. The number of hydrogen-bond acceptors (Lipinski definition) is 2. The minimum Gasteiger partial charge on any atom is -0.356 e. The molecule has 0 saturated carbocycles. The number of unbranched alkanes of at least 4 members (excludes halogenated alkanes) is 18. The van der Waals surface area contributed by atoms with Crippen LogP contribution in [-0.2, 0) is 9.59 Å². The van der Waals surface area contributed by atoms with Crippen LogP contribution < -0.4 is 10.6 Å². The van der Waals surface area contributed by atoms with E-state index in [2.05, 4.69) is 31.4 Å². The Morgan fingerprint density at radius 3 is 1.31 bits per heavy atom. The van der Waals surface area contributed by atoms with Crippen LogP contribution >= 0.6 is 0 Å². The van der Waals surface area contributed by atoms with Crippen LogP contribution in [0.15, 0.2) is 0 Å². The second-order valence-corrected chi connectivity index (χ2v) is 11.0. The number of carbonyl (C=O) groups is 2. The highest BCUT2D eigenvalue weighted by atomic mass is 16.2. The zero-order chi connectivity index (χ0) is 26.5. The molecule has 0 aliphatic heterocycles. The first-order valence-corrected chi connectivity index (χ1v) is 16.2. The molecule has 0 aromatic carbocycles. The Hall–Kier alpha value is -1.06. The molecule has 0 rings (SSSR count). The lowest BCUT2D eigenvalue weighted by molar-refractivity contribution is -0.126. The highest BCUT2D eigenvalue weighted by Crippen LogP contribution is 2.14. The first kappa shape index (κ1) is 34.9. The standard InChI is InChI=1S/C32H64N2O2/c1-4-7-9-11-13-15-17-19-21-23-28-33-31(35)27-25-26-30(6-3)32(36)34-29-24-22-20-18-16-14-12-10-8-5-2/h30H,4-29H2,1-3H3,(H,33,35)(H,34,36). The molecule has 0 radical (unpaired) electrons. The summed E-state index contributed by atoms with van der Waals surface area (Å²) < 4.78 is 0. The topological polar surface area (TPSA) is 58.2 Å². The van der Waals surface area contributed by atoms with Gasteiger partial charge in [-0.15, -0.1) is 0 Å². The van der Waals surface area contributed by atoms with Crippen molar-refractivity contribution in [2.24, 2.45) is 5.92 Å². The summed E-state index contributed by atoms with van der Waals surface area (Å²) >= 11 is 0. The minimum absolute atomic E-state index is 0.0443. The summed E-state index contributed by atoms with van der Waals surface area (Å²) in [5, 5.41) is 6.20. The fourth-order valence-corrected chi connectivity index (χ4v) is 4.93. The summed E-state index contributed by atoms with van der Waals surface area (Å²) in [4.78, 5) is 24.6. The Morgan fingerprint density at radius 1 is 0.500 bits per heavy atom. The molecular formula is C32H64N2O2. The molecule has 2 amide bonds. The van der Waals surface area contributed by atoms with Gasteiger partial charge in [0.05, 0.1) is 0 Å². The van der Waals surface area contributed by atoms with Crippen molar-refractivity contribution in [3.8, 4) is 0 Å². The minimum atomic E-state index is 0.0443. The van der Waals surface area contributed by atoms with E-state index in [1.807, 2.05) is 0 Å². The van der Waals surface area contributed by atoms with Crippen LogP contribution in [0, 0.1) is 5.92 Å². The zero-order valence-corrected chi connectivity index (χ0v) is 24.8. The fraction of sp³-hybridized carbons (Fsp3) is 0.938. The molecule has 0 heterocycles. The van der Waals surface area contributed by atoms with Crippen molar-refractivity contribution in [1.82, 2.24) is 10.6 Å². The van der Waals surface area contributed by atoms with Crippen molar-refractivity contribution in [1.29, 1.82) is 0 Å². The summed E-state index contributed by atoms with van der Waals surface area (Å²) in [6.07, 6.45) is 29.3. The molecule has 4 nitrogen and oxygen atoms in total. The maximum atomic E-state index is 12.5. The molecule has 214 valence electrons. The predicted octanol–water partition coefficient (Wildman–Crippen LogP) is 9.26. The van der Waals surface area contributed by atoms with Gasteiger partial charge in [0.2, 0.25) is 11.8 Å². The van der Waals surface area contributed by atoms with Gasteiger partial charge in [0.25, 0.3) is 0 Å². The molecule has 0 fully saturated rings. The molecule has 4 heteroatoms. The van der Waals surface area contributed by atoms with Gasteiger partial charge in [-0.25, -0.2) is 0 Å². The van der Waals surface area contributed by atoms with Gasteiger partial charge in [-0.3, -0.25) is 9.59 Å². The molecule has 0 aromatic heterocycles. The maximum absolute atomic E-state index is 12.5. The molecular weight excluding hydrogens is 444 g/mol. The summed E-state index contributed by atoms with van der Waals surface area (Å²) in [6, 6.07) is 0. The van der Waals surface area contributed by atoms with E-state index < -0.39 is 0 Å². The second kappa shape index (κ2) is 28.5. The van der Waals surface area contributed by atoms with Crippen LogP contribution in [0.25, 0.3) is 0 Å². The molecule has 0 aliphatic carbocycles. The SMILES string of the molecule is CCCCCCCCCCCCNC(=O)CCCC(CC)C(=O)NCCCCCCCCCCCC. The molecule has 36 heavy (non-hydrogen) atoms. The van der Waals surface area contributed by atoms with Gasteiger partial charge >= 0.3 is 0 Å². The van der Waals surface area contributed by atoms with E-state index in [9.17, 15) is 9.59 Å². The lowest BCUT2D eigenvalue weighted by Gasteiger charge is -2.15. The quantitative estimate of drug-likeness (QED) is 0.103. The molecule has 1 atom stereocenters. The van der Waals surface area contributed by atoms with Crippen LogP contribution in [0.1, 0.15) is 175 Å². The highest BCUT2D eigenvalue weighted by molar-refractivity contribution is 5.79. The summed E-state index contributed by atoms with van der Waals surface area (Å²) in [6.45, 7) is 8.20. The highest BCUT2D eigenvalue weighted by Gasteiger charge is 2.16. The number of hydrogen-bond donors (Lipinski definition) is 2. The van der Waals surface area contributed by atoms with Gasteiger partial charge in [0.15, 0.2) is 0 Å². The largest absolute Gasteiger partial charge is 0.356 e. The molecule has 0 aromatic rings. The zero-order valence-electron chi connectivity index (χ0n) is 24.8. The maximum Gasteiger partial charge on any atom is 0.223 e. The van der Waals surface area contributed by atoms with E-state index in [4.69, 9.17) is 0 Å². The van der Waals surface area contributed by atoms with E-state index in [-0.39, 0.29) is 17.7 Å². The van der Waals surface area contributed by atoms with Crippen molar-refractivity contribution >= 4 is 11.8 Å². The third-order valence-electron chi connectivity index (χ3n) is 7.50. The lowest BCUT2D eigenvalue weighted by Crippen LogP contribution is -2.31. The van der Waals surface area contributed by atoms with Crippen molar-refractivity contribution in [2.75, 3.05) is 13.1 Å². The van der Waals surface area contributed by atoms with E-state index in [0.717, 1.165) is 45.2 Å². The van der Waals surface area contributed by atoms with Gasteiger partial charge < -0.3 is 10.6 Å². The third-order valence-corrected chi connectivity index (χ3v) is 7.50. The Balaban J connectivity index is 3.56. The van der Waals surface area contributed by atoms with Crippen LogP contribution in [0.3, 0.4) is 0 Å². The smallest absolute Gasteiger partial charge is 0.223 e. The van der Waals surface area contributed by atoms with Crippen LogP contribution in [0.4, 0.5) is 0 Å². The number of amides is 2. The first-order chi connectivity index (χ1) is 17.7. The van der Waals surface area contributed by atoms with Gasteiger partial charge in [0.1, 0.15) is 0 Å². The van der Waals surface area contributed by atoms with E-state index in [1.54, 1.807) is 0 Å². The predicted molar refractivity (Wildman–Crippen MR) is 157 cm³/mol. The van der Waals surface area contributed by atoms with Crippen molar-refractivity contribution in [2.45, 2.75) is 175 Å². The van der Waals surface area contributed by atoms with E-state index in [1.165, 1.54) is 116 Å². The normalized spacial score (nSPS) is 12.0. The van der Waals surface area contributed by atoms with Crippen LogP contribution in [0.2, 0.25) is 0 Å². The number of carbonyl (C=O) groups excluding carboxylic acids is 2. The Labute approximate surface area is 225 Å². The number of rotatable bonds is 28. The van der Waals surface area contributed by atoms with Crippen molar-refractivity contribution < 1.29 is 9.59 Å². The average molecular weight is 509 g/mol. The van der Waals surface area contributed by atoms with Crippen LogP contribution in [-0.4, -0.2) is 24.9 Å². The van der Waals surface area contributed by atoms with Crippen molar-refractivity contribution in [3.05, 3.63) is 0 Å². The van der Waals surface area contributed by atoms with Gasteiger partial charge in [-0.1, -0.05) is 136 Å². The number of nitrogens with one attached hydrogen (secondary N) is 2. The molecule has 0 aliphatic rings. The molecule has 0 spiro atoms. The summed E-state index contributed by atoms with van der Waals surface area (Å²) in [5.74, 6) is 0.369. The Morgan fingerprint density at radius 2 is 0.889 bits per heavy atom. The summed E-state index contributed by atoms with van der Waals surface area (Å²) in [7, 11) is 0.